The molecule has 1 amide bonds. The van der Waals surface area contributed by atoms with Gasteiger partial charge in [0.2, 0.25) is 5.75 Å². The predicted molar refractivity (Wildman–Crippen MR) is 69.1 cm³/mol. The van der Waals surface area contributed by atoms with E-state index in [1.807, 2.05) is 0 Å². The number of aldehydes is 1. The Bertz CT molecular complexity index is 447. The van der Waals surface area contributed by atoms with Crippen LogP contribution in [0.25, 0.3) is 0 Å². The Labute approximate surface area is 111 Å². The zero-order valence-electron chi connectivity index (χ0n) is 11.4. The van der Waals surface area contributed by atoms with Crippen molar-refractivity contribution in [1.29, 1.82) is 0 Å². The van der Waals surface area contributed by atoms with Crippen molar-refractivity contribution in [2.24, 2.45) is 0 Å². The molecule has 1 aromatic rings. The van der Waals surface area contributed by atoms with Crippen LogP contribution >= 0.6 is 0 Å². The summed E-state index contributed by atoms with van der Waals surface area (Å²) in [6.07, 6.45) is 0.663. The van der Waals surface area contributed by atoms with Crippen LogP contribution in [0.4, 0.5) is 0 Å². The number of methoxy groups -OCH3 is 3. The van der Waals surface area contributed by atoms with Gasteiger partial charge in [0.25, 0.3) is 5.91 Å². The fourth-order valence-corrected chi connectivity index (χ4v) is 1.62. The normalized spacial score (nSPS) is 9.68. The SMILES string of the molecule is COc1cc(C(=O)N(C)CC=O)cc(OC)c1OC. The lowest BCUT2D eigenvalue weighted by Crippen LogP contribution is -2.28. The maximum absolute atomic E-state index is 12.1. The molecule has 0 spiro atoms. The van der Waals surface area contributed by atoms with Crippen LogP contribution in [0, 0.1) is 0 Å². The van der Waals surface area contributed by atoms with Gasteiger partial charge < -0.3 is 23.9 Å². The summed E-state index contributed by atoms with van der Waals surface area (Å²) in [4.78, 5) is 23.8. The van der Waals surface area contributed by atoms with Crippen LogP contribution in [-0.4, -0.2) is 52.0 Å². The summed E-state index contributed by atoms with van der Waals surface area (Å²) in [5, 5.41) is 0. The quantitative estimate of drug-likeness (QED) is 0.719. The molecule has 0 bridgehead atoms. The monoisotopic (exact) mass is 267 g/mol. The Morgan fingerprint density at radius 1 is 1.16 bits per heavy atom. The Morgan fingerprint density at radius 3 is 2.05 bits per heavy atom. The van der Waals surface area contributed by atoms with Gasteiger partial charge >= 0.3 is 0 Å². The molecule has 0 atom stereocenters. The molecule has 19 heavy (non-hydrogen) atoms. The average Bonchev–Trinajstić information content (AvgIpc) is 2.44. The van der Waals surface area contributed by atoms with Crippen LogP contribution in [0.15, 0.2) is 12.1 Å². The number of ether oxygens (including phenoxy) is 3. The Balaban J connectivity index is 3.22. The maximum Gasteiger partial charge on any atom is 0.254 e. The summed E-state index contributed by atoms with van der Waals surface area (Å²) < 4.78 is 15.5. The molecule has 104 valence electrons. The number of benzene rings is 1. The van der Waals surface area contributed by atoms with Crippen LogP contribution in [0.5, 0.6) is 17.2 Å². The maximum atomic E-state index is 12.1. The highest BCUT2D eigenvalue weighted by Crippen LogP contribution is 2.38. The second-order valence-electron chi connectivity index (χ2n) is 3.77. The Hall–Kier alpha value is -2.24. The number of nitrogens with zero attached hydrogens (tertiary/aromatic N) is 1. The van der Waals surface area contributed by atoms with Crippen LogP contribution in [0.1, 0.15) is 10.4 Å². The lowest BCUT2D eigenvalue weighted by atomic mass is 10.1. The highest BCUT2D eigenvalue weighted by molar-refractivity contribution is 5.96. The topological polar surface area (TPSA) is 65.1 Å². The van der Waals surface area contributed by atoms with Crippen molar-refractivity contribution in [3.63, 3.8) is 0 Å². The third kappa shape index (κ3) is 3.15. The molecule has 0 saturated heterocycles. The summed E-state index contributed by atoms with van der Waals surface area (Å²) in [5.74, 6) is 0.903. The van der Waals surface area contributed by atoms with E-state index in [2.05, 4.69) is 0 Å². The van der Waals surface area contributed by atoms with Crippen LogP contribution in [0.2, 0.25) is 0 Å². The zero-order chi connectivity index (χ0) is 14.4. The van der Waals surface area contributed by atoms with Gasteiger partial charge in [0.05, 0.1) is 27.9 Å². The van der Waals surface area contributed by atoms with Crippen molar-refractivity contribution in [1.82, 2.24) is 4.90 Å². The number of rotatable bonds is 6. The molecular formula is C13H17NO5. The first-order valence-electron chi connectivity index (χ1n) is 5.58. The fraction of sp³-hybridized carbons (Fsp3) is 0.385. The molecule has 0 aromatic heterocycles. The van der Waals surface area contributed by atoms with E-state index >= 15 is 0 Å². The number of likely N-dealkylation sites (N-methyl/N-ethyl adjacent to an activating group) is 1. The minimum atomic E-state index is -0.300. The van der Waals surface area contributed by atoms with Gasteiger partial charge in [-0.2, -0.15) is 0 Å². The van der Waals surface area contributed by atoms with Gasteiger partial charge in [-0.25, -0.2) is 0 Å². The molecule has 6 heteroatoms. The standard InChI is InChI=1S/C13H17NO5/c1-14(5-6-15)13(16)9-7-10(17-2)12(19-4)11(8-9)18-3/h6-8H,5H2,1-4H3. The number of hydrogen-bond donors (Lipinski definition) is 0. The first kappa shape index (κ1) is 14.8. The van der Waals surface area contributed by atoms with Gasteiger partial charge in [-0.05, 0) is 12.1 Å². The molecule has 0 N–H and O–H groups in total. The molecule has 0 aliphatic carbocycles. The lowest BCUT2D eigenvalue weighted by Gasteiger charge is -2.17. The molecule has 6 nitrogen and oxygen atoms in total. The van der Waals surface area contributed by atoms with Crippen molar-refractivity contribution in [3.8, 4) is 17.2 Å². The van der Waals surface area contributed by atoms with Gasteiger partial charge in [0, 0.05) is 12.6 Å². The molecule has 1 aromatic carbocycles. The van der Waals surface area contributed by atoms with Crippen molar-refractivity contribution in [2.75, 3.05) is 34.9 Å². The highest BCUT2D eigenvalue weighted by atomic mass is 16.5. The predicted octanol–water partition coefficient (Wildman–Crippen LogP) is 0.983. The molecule has 0 saturated carbocycles. The zero-order valence-corrected chi connectivity index (χ0v) is 11.4. The molecule has 0 unspecified atom stereocenters. The number of hydrogen-bond acceptors (Lipinski definition) is 5. The molecule has 0 radical (unpaired) electrons. The molecule has 0 aliphatic rings. The van der Waals surface area contributed by atoms with Crippen LogP contribution in [0.3, 0.4) is 0 Å². The van der Waals surface area contributed by atoms with Crippen molar-refractivity contribution in [3.05, 3.63) is 17.7 Å². The average molecular weight is 267 g/mol. The Kier molecular flexibility index (Phi) is 5.17. The van der Waals surface area contributed by atoms with E-state index in [1.165, 1.54) is 26.2 Å². The second kappa shape index (κ2) is 6.63. The van der Waals surface area contributed by atoms with Crippen LogP contribution < -0.4 is 14.2 Å². The second-order valence-corrected chi connectivity index (χ2v) is 3.77. The smallest absolute Gasteiger partial charge is 0.254 e. The van der Waals surface area contributed by atoms with Gasteiger partial charge in [0.1, 0.15) is 6.29 Å². The van der Waals surface area contributed by atoms with Crippen molar-refractivity contribution in [2.45, 2.75) is 0 Å². The number of amides is 1. The van der Waals surface area contributed by atoms with E-state index in [1.54, 1.807) is 19.2 Å². The first-order chi connectivity index (χ1) is 9.08. The van der Waals surface area contributed by atoms with Crippen LogP contribution in [-0.2, 0) is 4.79 Å². The Morgan fingerprint density at radius 2 is 1.68 bits per heavy atom. The van der Waals surface area contributed by atoms with E-state index in [9.17, 15) is 9.59 Å². The van der Waals surface area contributed by atoms with Gasteiger partial charge in [-0.1, -0.05) is 0 Å². The minimum Gasteiger partial charge on any atom is -0.493 e. The fourth-order valence-electron chi connectivity index (χ4n) is 1.62. The first-order valence-corrected chi connectivity index (χ1v) is 5.58. The third-order valence-electron chi connectivity index (χ3n) is 2.61. The lowest BCUT2D eigenvalue weighted by molar-refractivity contribution is -0.108. The highest BCUT2D eigenvalue weighted by Gasteiger charge is 2.18. The van der Waals surface area contributed by atoms with E-state index < -0.39 is 0 Å². The largest absolute Gasteiger partial charge is 0.493 e. The van der Waals surface area contributed by atoms with E-state index in [0.717, 1.165) is 0 Å². The molecule has 0 heterocycles. The number of carbonyl (C=O) groups is 2. The summed E-state index contributed by atoms with van der Waals surface area (Å²) in [6, 6.07) is 3.09. The van der Waals surface area contributed by atoms with E-state index in [0.29, 0.717) is 29.1 Å². The number of carbonyl (C=O) groups excluding carboxylic acids is 2. The van der Waals surface area contributed by atoms with Gasteiger partial charge in [0.15, 0.2) is 11.5 Å². The minimum absolute atomic E-state index is 0.0233. The van der Waals surface area contributed by atoms with Crippen molar-refractivity contribution >= 4 is 12.2 Å². The van der Waals surface area contributed by atoms with Gasteiger partial charge in [-0.3, -0.25) is 4.79 Å². The summed E-state index contributed by atoms with van der Waals surface area (Å²) in [7, 11) is 5.97. The molecule has 0 fully saturated rings. The van der Waals surface area contributed by atoms with E-state index in [4.69, 9.17) is 14.2 Å². The molecule has 0 aliphatic heterocycles. The summed E-state index contributed by atoms with van der Waals surface area (Å²) in [5.41, 5.74) is 0.360. The summed E-state index contributed by atoms with van der Waals surface area (Å²) in [6.45, 7) is 0.0233. The van der Waals surface area contributed by atoms with Gasteiger partial charge in [-0.15, -0.1) is 0 Å². The van der Waals surface area contributed by atoms with Crippen molar-refractivity contribution < 1.29 is 23.8 Å². The molecular weight excluding hydrogens is 250 g/mol. The third-order valence-corrected chi connectivity index (χ3v) is 2.61. The molecule has 1 rings (SSSR count). The van der Waals surface area contributed by atoms with E-state index in [-0.39, 0.29) is 12.5 Å². The summed E-state index contributed by atoms with van der Waals surface area (Å²) >= 11 is 0.